The molecule has 0 saturated heterocycles. The van der Waals surface area contributed by atoms with Gasteiger partial charge < -0.3 is 4.74 Å². The third-order valence-corrected chi connectivity index (χ3v) is 2.26. The summed E-state index contributed by atoms with van der Waals surface area (Å²) >= 11 is 5.58. The van der Waals surface area contributed by atoms with E-state index in [2.05, 4.69) is 33.8 Å². The molecule has 1 aromatic rings. The minimum atomic E-state index is 0.0907. The van der Waals surface area contributed by atoms with Gasteiger partial charge in [-0.1, -0.05) is 50.1 Å². The van der Waals surface area contributed by atoms with Crippen LogP contribution in [0.3, 0.4) is 0 Å². The van der Waals surface area contributed by atoms with Gasteiger partial charge in [-0.05, 0) is 24.0 Å². The van der Waals surface area contributed by atoms with E-state index in [4.69, 9.17) is 16.3 Å². The maximum absolute atomic E-state index is 5.58. The van der Waals surface area contributed by atoms with Crippen LogP contribution < -0.4 is 4.74 Å². The largest absolute Gasteiger partial charge is 0.478 e. The molecule has 0 bridgehead atoms. The first-order chi connectivity index (χ1) is 6.45. The number of hydrogen-bond acceptors (Lipinski definition) is 1. The van der Waals surface area contributed by atoms with Crippen molar-refractivity contribution in [3.05, 3.63) is 29.3 Å². The van der Waals surface area contributed by atoms with Gasteiger partial charge in [-0.3, -0.25) is 0 Å². The Morgan fingerprint density at radius 2 is 1.93 bits per heavy atom. The van der Waals surface area contributed by atoms with Crippen LogP contribution in [0.5, 0.6) is 5.75 Å². The summed E-state index contributed by atoms with van der Waals surface area (Å²) in [5.74, 6) is 0.887. The minimum absolute atomic E-state index is 0.0907. The van der Waals surface area contributed by atoms with Crippen molar-refractivity contribution in [2.45, 2.75) is 33.1 Å². The van der Waals surface area contributed by atoms with Gasteiger partial charge in [-0.25, -0.2) is 0 Å². The summed E-state index contributed by atoms with van der Waals surface area (Å²) < 4.78 is 5.38. The van der Waals surface area contributed by atoms with Gasteiger partial charge in [0, 0.05) is 0 Å². The van der Waals surface area contributed by atoms with E-state index in [1.54, 1.807) is 0 Å². The number of rotatable bonds is 2. The van der Waals surface area contributed by atoms with Crippen LogP contribution in [-0.4, -0.2) is 6.07 Å². The lowest BCUT2D eigenvalue weighted by atomic mass is 9.85. The molecule has 0 amide bonds. The van der Waals surface area contributed by atoms with Crippen molar-refractivity contribution in [1.82, 2.24) is 0 Å². The van der Waals surface area contributed by atoms with Crippen LogP contribution in [0.2, 0.25) is 0 Å². The number of halogens is 1. The van der Waals surface area contributed by atoms with E-state index in [0.717, 1.165) is 5.75 Å². The van der Waals surface area contributed by atoms with E-state index in [-0.39, 0.29) is 11.5 Å². The molecule has 0 unspecified atom stereocenters. The summed E-state index contributed by atoms with van der Waals surface area (Å²) in [7, 11) is 0. The third-order valence-electron chi connectivity index (χ3n) is 2.15. The molecule has 1 rings (SSSR count). The van der Waals surface area contributed by atoms with Gasteiger partial charge in [-0.15, -0.1) is 0 Å². The normalized spacial score (nSPS) is 11.5. The fraction of sp³-hybridized carbons (Fsp3) is 0.500. The lowest BCUT2D eigenvalue weighted by Gasteiger charge is -2.22. The maximum Gasteiger partial charge on any atom is 0.162 e. The standard InChI is InChI=1S/C12H17ClO/c1-9-5-6-11(14-8-13)10(7-9)12(2,3)4/h5-7H,8H2,1-4H3. The topological polar surface area (TPSA) is 9.23 Å². The van der Waals surface area contributed by atoms with Crippen LogP contribution in [0.15, 0.2) is 18.2 Å². The Bertz CT molecular complexity index is 313. The Morgan fingerprint density at radius 3 is 2.43 bits per heavy atom. The molecule has 0 saturated carbocycles. The zero-order valence-corrected chi connectivity index (χ0v) is 9.98. The SMILES string of the molecule is Cc1ccc(OCCl)c(C(C)(C)C)c1. The molecule has 0 aliphatic rings. The van der Waals surface area contributed by atoms with Gasteiger partial charge in [0.25, 0.3) is 0 Å². The number of benzene rings is 1. The second-order valence-electron chi connectivity index (χ2n) is 4.50. The molecule has 0 atom stereocenters. The Hall–Kier alpha value is -0.690. The molecule has 78 valence electrons. The van der Waals surface area contributed by atoms with Crippen LogP contribution in [0, 0.1) is 6.92 Å². The molecule has 14 heavy (non-hydrogen) atoms. The van der Waals surface area contributed by atoms with E-state index in [1.807, 2.05) is 12.1 Å². The Labute approximate surface area is 91.0 Å². The Balaban J connectivity index is 3.16. The summed E-state index contributed by atoms with van der Waals surface area (Å²) in [6, 6.07) is 6.38. The first-order valence-corrected chi connectivity index (χ1v) is 5.28. The van der Waals surface area contributed by atoms with Crippen LogP contribution in [0.4, 0.5) is 0 Å². The highest BCUT2D eigenvalue weighted by Gasteiger charge is 2.18. The molecule has 1 nitrogen and oxygen atoms in total. The van der Waals surface area contributed by atoms with Crippen LogP contribution >= 0.6 is 11.6 Å². The van der Waals surface area contributed by atoms with Crippen LogP contribution in [0.1, 0.15) is 31.9 Å². The maximum atomic E-state index is 5.58. The van der Waals surface area contributed by atoms with Crippen molar-refractivity contribution in [3.8, 4) is 5.75 Å². The fourth-order valence-corrected chi connectivity index (χ4v) is 1.53. The van der Waals surface area contributed by atoms with Crippen molar-refractivity contribution in [2.24, 2.45) is 0 Å². The monoisotopic (exact) mass is 212 g/mol. The van der Waals surface area contributed by atoms with Gasteiger partial charge >= 0.3 is 0 Å². The zero-order valence-electron chi connectivity index (χ0n) is 9.23. The van der Waals surface area contributed by atoms with Crippen molar-refractivity contribution in [2.75, 3.05) is 6.07 Å². The smallest absolute Gasteiger partial charge is 0.162 e. The summed E-state index contributed by atoms with van der Waals surface area (Å²) in [6.45, 7) is 8.59. The second kappa shape index (κ2) is 4.22. The summed E-state index contributed by atoms with van der Waals surface area (Å²) in [5.41, 5.74) is 2.54. The first kappa shape index (κ1) is 11.4. The van der Waals surface area contributed by atoms with Gasteiger partial charge in [-0.2, -0.15) is 0 Å². The van der Waals surface area contributed by atoms with E-state index >= 15 is 0 Å². The Kier molecular flexibility index (Phi) is 3.43. The average molecular weight is 213 g/mol. The molecule has 0 fully saturated rings. The molecule has 1 aromatic carbocycles. The number of alkyl halides is 1. The highest BCUT2D eigenvalue weighted by Crippen LogP contribution is 2.32. The molecule has 0 N–H and O–H groups in total. The summed E-state index contributed by atoms with van der Waals surface area (Å²) in [5, 5.41) is 0. The summed E-state index contributed by atoms with van der Waals surface area (Å²) in [6.07, 6.45) is 0. The van der Waals surface area contributed by atoms with Crippen molar-refractivity contribution in [3.63, 3.8) is 0 Å². The van der Waals surface area contributed by atoms with Gasteiger partial charge in [0.05, 0.1) is 0 Å². The molecule has 0 radical (unpaired) electrons. The molecule has 0 aromatic heterocycles. The summed E-state index contributed by atoms with van der Waals surface area (Å²) in [4.78, 5) is 0. The van der Waals surface area contributed by atoms with Crippen molar-refractivity contribution >= 4 is 11.6 Å². The third kappa shape index (κ3) is 2.65. The molecule has 0 aliphatic heterocycles. The molecule has 2 heteroatoms. The zero-order chi connectivity index (χ0) is 10.8. The number of ether oxygens (including phenoxy) is 1. The van der Waals surface area contributed by atoms with Gasteiger partial charge in [0.2, 0.25) is 0 Å². The highest BCUT2D eigenvalue weighted by atomic mass is 35.5. The Morgan fingerprint density at radius 1 is 1.29 bits per heavy atom. The van der Waals surface area contributed by atoms with Gasteiger partial charge in [0.1, 0.15) is 5.75 Å². The number of aryl methyl sites for hydroxylation is 1. The van der Waals surface area contributed by atoms with Crippen molar-refractivity contribution < 1.29 is 4.74 Å². The number of hydrogen-bond donors (Lipinski definition) is 0. The van der Waals surface area contributed by atoms with Gasteiger partial charge in [0.15, 0.2) is 6.07 Å². The average Bonchev–Trinajstić information content (AvgIpc) is 2.07. The fourth-order valence-electron chi connectivity index (χ4n) is 1.41. The van der Waals surface area contributed by atoms with E-state index in [9.17, 15) is 0 Å². The first-order valence-electron chi connectivity index (χ1n) is 4.75. The van der Waals surface area contributed by atoms with Crippen LogP contribution in [-0.2, 0) is 5.41 Å². The molecule has 0 spiro atoms. The highest BCUT2D eigenvalue weighted by molar-refractivity contribution is 6.17. The molecular weight excluding hydrogens is 196 g/mol. The predicted octanol–water partition coefficient (Wildman–Crippen LogP) is 3.87. The van der Waals surface area contributed by atoms with E-state index in [0.29, 0.717) is 0 Å². The van der Waals surface area contributed by atoms with E-state index in [1.165, 1.54) is 11.1 Å². The second-order valence-corrected chi connectivity index (χ2v) is 4.72. The lowest BCUT2D eigenvalue weighted by Crippen LogP contribution is -2.13. The lowest BCUT2D eigenvalue weighted by molar-refractivity contribution is 0.373. The minimum Gasteiger partial charge on any atom is -0.478 e. The molecular formula is C12H17ClO. The van der Waals surface area contributed by atoms with Crippen molar-refractivity contribution in [1.29, 1.82) is 0 Å². The predicted molar refractivity (Wildman–Crippen MR) is 61.2 cm³/mol. The quantitative estimate of drug-likeness (QED) is 0.677. The molecule has 0 heterocycles. The van der Waals surface area contributed by atoms with E-state index < -0.39 is 0 Å². The van der Waals surface area contributed by atoms with Crippen LogP contribution in [0.25, 0.3) is 0 Å². The molecule has 0 aliphatic carbocycles.